The van der Waals surface area contributed by atoms with E-state index in [-0.39, 0.29) is 38.8 Å². The van der Waals surface area contributed by atoms with Crippen molar-refractivity contribution in [2.45, 2.75) is 50.6 Å². The summed E-state index contributed by atoms with van der Waals surface area (Å²) >= 11 is 11.8. The Labute approximate surface area is 239 Å². The molecule has 0 bridgehead atoms. The van der Waals surface area contributed by atoms with E-state index in [2.05, 4.69) is 10.6 Å². The largest absolute Gasteiger partial charge is 0.492 e. The average molecular weight is 591 g/mol. The summed E-state index contributed by atoms with van der Waals surface area (Å²) in [5.74, 6) is -0.292. The molecule has 0 radical (unpaired) electrons. The summed E-state index contributed by atoms with van der Waals surface area (Å²) in [4.78, 5) is 36.7. The third-order valence-corrected chi connectivity index (χ3v) is 8.15. The molecule has 1 aromatic heterocycles. The quantitative estimate of drug-likeness (QED) is 0.179. The van der Waals surface area contributed by atoms with E-state index in [1.54, 1.807) is 12.3 Å². The lowest BCUT2D eigenvalue weighted by molar-refractivity contribution is -0.384. The smallest absolute Gasteiger partial charge is 0.291 e. The minimum absolute atomic E-state index is 0.0240. The molecule has 2 aliphatic carbocycles. The fourth-order valence-corrected chi connectivity index (χ4v) is 5.55. The van der Waals surface area contributed by atoms with Crippen molar-refractivity contribution in [2.75, 3.05) is 19.7 Å². The van der Waals surface area contributed by atoms with Crippen molar-refractivity contribution in [3.8, 4) is 5.75 Å². The van der Waals surface area contributed by atoms with E-state index in [0.717, 1.165) is 51.1 Å². The molecule has 0 spiro atoms. The second-order valence-corrected chi connectivity index (χ2v) is 11.2. The van der Waals surface area contributed by atoms with Crippen LogP contribution in [0, 0.1) is 21.8 Å². The van der Waals surface area contributed by atoms with Gasteiger partial charge in [0.25, 0.3) is 11.6 Å². The molecule has 1 amide bonds. The normalized spacial score (nSPS) is 19.0. The van der Waals surface area contributed by atoms with Gasteiger partial charge >= 0.3 is 0 Å². The van der Waals surface area contributed by atoms with Crippen molar-refractivity contribution >= 4 is 45.7 Å². The molecule has 40 heavy (non-hydrogen) atoms. The van der Waals surface area contributed by atoms with Gasteiger partial charge < -0.3 is 19.9 Å². The van der Waals surface area contributed by atoms with Crippen LogP contribution in [0.4, 0.5) is 10.1 Å². The molecule has 0 atom stereocenters. The van der Waals surface area contributed by atoms with Crippen molar-refractivity contribution in [1.82, 2.24) is 15.2 Å². The molecule has 2 N–H and O–H groups in total. The number of halogens is 3. The van der Waals surface area contributed by atoms with Gasteiger partial charge in [0.2, 0.25) is 5.43 Å². The van der Waals surface area contributed by atoms with Crippen LogP contribution in [0.3, 0.4) is 0 Å². The topological polar surface area (TPSA) is 116 Å². The van der Waals surface area contributed by atoms with Crippen LogP contribution in [0.25, 0.3) is 10.9 Å². The van der Waals surface area contributed by atoms with E-state index in [9.17, 15) is 24.1 Å². The van der Waals surface area contributed by atoms with Crippen LogP contribution in [-0.2, 0) is 0 Å². The maximum absolute atomic E-state index is 14.2. The number of hydrogen-bond acceptors (Lipinski definition) is 6. The fraction of sp³-hybridized carbons (Fsp3) is 0.429. The third kappa shape index (κ3) is 6.40. The van der Waals surface area contributed by atoms with Crippen molar-refractivity contribution in [3.05, 3.63) is 78.3 Å². The van der Waals surface area contributed by atoms with Gasteiger partial charge in [-0.1, -0.05) is 23.2 Å². The van der Waals surface area contributed by atoms with Gasteiger partial charge in [0.05, 0.1) is 21.5 Å². The van der Waals surface area contributed by atoms with Crippen LogP contribution >= 0.6 is 23.2 Å². The molecule has 212 valence electrons. The van der Waals surface area contributed by atoms with Gasteiger partial charge in [-0.15, -0.1) is 0 Å². The van der Waals surface area contributed by atoms with Gasteiger partial charge in [-0.3, -0.25) is 19.7 Å². The molecule has 0 unspecified atom stereocenters. The fourth-order valence-electron chi connectivity index (χ4n) is 5.20. The number of nitrogens with one attached hydrogen (secondary N) is 2. The standard InChI is InChI=1S/C28H29Cl2FN4O5/c29-22-8-7-19(11-26(22)35(38)39)40-10-9-32-14-16-1-3-17(4-2-16)33-28(37)21-15-34(18-5-6-18)25-13-23(30)24(31)12-20(25)27(21)36/h7-8,11-13,15-18,32H,1-6,9-10,14H2,(H,33,37)/t16-,17-. The van der Waals surface area contributed by atoms with E-state index in [1.807, 2.05) is 4.57 Å². The number of hydrogen-bond donors (Lipinski definition) is 2. The Kier molecular flexibility index (Phi) is 8.58. The Morgan fingerprint density at radius 3 is 2.55 bits per heavy atom. The highest BCUT2D eigenvalue weighted by Crippen LogP contribution is 2.37. The summed E-state index contributed by atoms with van der Waals surface area (Å²) in [6, 6.07) is 7.06. The number of nitro benzene ring substituents is 1. The van der Waals surface area contributed by atoms with Gasteiger partial charge in [-0.2, -0.15) is 0 Å². The Balaban J connectivity index is 1.10. The highest BCUT2D eigenvalue weighted by molar-refractivity contribution is 6.32. The predicted molar refractivity (Wildman–Crippen MR) is 151 cm³/mol. The summed E-state index contributed by atoms with van der Waals surface area (Å²) < 4.78 is 21.6. The molecule has 2 aliphatic rings. The van der Waals surface area contributed by atoms with Crippen molar-refractivity contribution in [2.24, 2.45) is 5.92 Å². The second-order valence-electron chi connectivity index (χ2n) is 10.4. The Morgan fingerprint density at radius 1 is 1.10 bits per heavy atom. The zero-order valence-electron chi connectivity index (χ0n) is 21.6. The third-order valence-electron chi connectivity index (χ3n) is 7.54. The number of aromatic nitrogens is 1. The molecular weight excluding hydrogens is 562 g/mol. The van der Waals surface area contributed by atoms with Crippen LogP contribution in [0.15, 0.2) is 41.3 Å². The van der Waals surface area contributed by atoms with Gasteiger partial charge in [-0.05, 0) is 75.3 Å². The maximum atomic E-state index is 14.2. The van der Waals surface area contributed by atoms with E-state index in [0.29, 0.717) is 30.3 Å². The number of rotatable bonds is 10. The summed E-state index contributed by atoms with van der Waals surface area (Å²) in [5, 5.41) is 17.5. The van der Waals surface area contributed by atoms with E-state index >= 15 is 0 Å². The van der Waals surface area contributed by atoms with Gasteiger partial charge in [0.1, 0.15) is 28.8 Å². The van der Waals surface area contributed by atoms with Gasteiger partial charge in [-0.25, -0.2) is 4.39 Å². The Hall–Kier alpha value is -3.21. The van der Waals surface area contributed by atoms with E-state index < -0.39 is 22.1 Å². The monoisotopic (exact) mass is 590 g/mol. The van der Waals surface area contributed by atoms with Gasteiger partial charge in [0.15, 0.2) is 0 Å². The summed E-state index contributed by atoms with van der Waals surface area (Å²) in [7, 11) is 0. The SMILES string of the molecule is O=C(N[C@H]1CC[C@H](CNCCOc2ccc(Cl)c([N+](=O)[O-])c2)CC1)c1cn(C2CC2)c2cc(Cl)c(F)cc2c1=O. The second kappa shape index (κ2) is 12.1. The number of benzene rings is 2. The number of pyridine rings is 1. The average Bonchev–Trinajstić information content (AvgIpc) is 3.77. The molecule has 2 aromatic carbocycles. The first-order chi connectivity index (χ1) is 19.2. The van der Waals surface area contributed by atoms with E-state index in [1.165, 1.54) is 18.2 Å². The lowest BCUT2D eigenvalue weighted by Crippen LogP contribution is -2.41. The molecule has 9 nitrogen and oxygen atoms in total. The molecule has 2 saturated carbocycles. The van der Waals surface area contributed by atoms with Crippen molar-refractivity contribution in [3.63, 3.8) is 0 Å². The number of fused-ring (bicyclic) bond motifs is 1. The number of nitro groups is 1. The minimum atomic E-state index is -0.682. The molecule has 3 aromatic rings. The summed E-state index contributed by atoms with van der Waals surface area (Å²) in [5.41, 5.74) is -0.114. The number of carbonyl (C=O) groups is 1. The molecule has 0 saturated heterocycles. The zero-order chi connectivity index (χ0) is 28.4. The minimum Gasteiger partial charge on any atom is -0.492 e. The highest BCUT2D eigenvalue weighted by atomic mass is 35.5. The highest BCUT2D eigenvalue weighted by Gasteiger charge is 2.29. The Bertz CT molecular complexity index is 1500. The number of ether oxygens (including phenoxy) is 1. The predicted octanol–water partition coefficient (Wildman–Crippen LogP) is 5.65. The van der Waals surface area contributed by atoms with Crippen molar-refractivity contribution < 1.29 is 18.8 Å². The first-order valence-electron chi connectivity index (χ1n) is 13.3. The molecule has 12 heteroatoms. The van der Waals surface area contributed by atoms with E-state index in [4.69, 9.17) is 27.9 Å². The number of nitrogens with zero attached hydrogens (tertiary/aromatic N) is 2. The van der Waals surface area contributed by atoms with Gasteiger partial charge in [0, 0.05) is 30.2 Å². The lowest BCUT2D eigenvalue weighted by atomic mass is 9.86. The maximum Gasteiger partial charge on any atom is 0.291 e. The molecular formula is C28H29Cl2FN4O5. The molecule has 0 aliphatic heterocycles. The van der Waals surface area contributed by atoms with Crippen LogP contribution in [0.2, 0.25) is 10.0 Å². The first-order valence-corrected chi connectivity index (χ1v) is 14.1. The molecule has 1 heterocycles. The number of amides is 1. The number of carbonyl (C=O) groups excluding carboxylic acids is 1. The lowest BCUT2D eigenvalue weighted by Gasteiger charge is -2.29. The van der Waals surface area contributed by atoms with Crippen LogP contribution in [0.5, 0.6) is 5.75 Å². The zero-order valence-corrected chi connectivity index (χ0v) is 23.1. The van der Waals surface area contributed by atoms with Crippen LogP contribution in [-0.4, -0.2) is 41.1 Å². The Morgan fingerprint density at radius 2 is 1.85 bits per heavy atom. The van der Waals surface area contributed by atoms with Crippen molar-refractivity contribution in [1.29, 1.82) is 0 Å². The first kappa shape index (κ1) is 28.3. The summed E-state index contributed by atoms with van der Waals surface area (Å²) in [6.07, 6.45) is 6.86. The summed E-state index contributed by atoms with van der Waals surface area (Å²) in [6.45, 7) is 1.72. The molecule has 2 fully saturated rings. The van der Waals surface area contributed by atoms with Crippen LogP contribution < -0.4 is 20.8 Å². The molecule has 5 rings (SSSR count). The van der Waals surface area contributed by atoms with Crippen LogP contribution in [0.1, 0.15) is 54.9 Å².